The van der Waals surface area contributed by atoms with Crippen molar-refractivity contribution < 1.29 is 9.53 Å². The van der Waals surface area contributed by atoms with E-state index in [1.807, 2.05) is 31.3 Å². The number of nitrogens with zero attached hydrogens (tertiary/aromatic N) is 2. The monoisotopic (exact) mass is 386 g/mol. The first-order chi connectivity index (χ1) is 13.7. The summed E-state index contributed by atoms with van der Waals surface area (Å²) in [5.41, 5.74) is 1.94. The van der Waals surface area contributed by atoms with Crippen molar-refractivity contribution in [2.24, 2.45) is 16.8 Å². The van der Waals surface area contributed by atoms with Crippen molar-refractivity contribution in [3.05, 3.63) is 29.8 Å². The van der Waals surface area contributed by atoms with Crippen molar-refractivity contribution in [3.8, 4) is 0 Å². The van der Waals surface area contributed by atoms with Gasteiger partial charge in [-0.25, -0.2) is 4.99 Å². The number of anilines is 1. The highest BCUT2D eigenvalue weighted by Gasteiger charge is 2.25. The molecule has 2 saturated carbocycles. The van der Waals surface area contributed by atoms with Crippen molar-refractivity contribution >= 4 is 17.6 Å². The van der Waals surface area contributed by atoms with E-state index in [0.29, 0.717) is 6.54 Å². The van der Waals surface area contributed by atoms with Gasteiger partial charge in [0, 0.05) is 38.3 Å². The van der Waals surface area contributed by atoms with E-state index < -0.39 is 0 Å². The van der Waals surface area contributed by atoms with Gasteiger partial charge in [-0.05, 0) is 56.2 Å². The van der Waals surface area contributed by atoms with Gasteiger partial charge in [-0.15, -0.1) is 0 Å². The Morgan fingerprint density at radius 1 is 1.29 bits per heavy atom. The van der Waals surface area contributed by atoms with Crippen LogP contribution in [0.15, 0.2) is 29.3 Å². The molecule has 154 valence electrons. The van der Waals surface area contributed by atoms with Gasteiger partial charge in [0.2, 0.25) is 5.91 Å². The molecule has 0 spiro atoms. The zero-order valence-corrected chi connectivity index (χ0v) is 17.2. The van der Waals surface area contributed by atoms with Crippen LogP contribution in [0.25, 0.3) is 0 Å². The molecule has 0 saturated heterocycles. The topological polar surface area (TPSA) is 66.0 Å². The lowest BCUT2D eigenvalue weighted by Gasteiger charge is -2.24. The van der Waals surface area contributed by atoms with Crippen LogP contribution in [-0.2, 0) is 16.1 Å². The molecule has 6 nitrogen and oxygen atoms in total. The summed E-state index contributed by atoms with van der Waals surface area (Å²) in [7, 11) is 2.04. The fourth-order valence-electron chi connectivity index (χ4n) is 3.14. The highest BCUT2D eigenvalue weighted by molar-refractivity contribution is 5.93. The zero-order chi connectivity index (χ0) is 19.8. The Balaban J connectivity index is 1.50. The van der Waals surface area contributed by atoms with Crippen LogP contribution >= 0.6 is 0 Å². The molecule has 2 aliphatic rings. The van der Waals surface area contributed by atoms with Crippen LogP contribution in [0.5, 0.6) is 0 Å². The summed E-state index contributed by atoms with van der Waals surface area (Å²) in [5.74, 6) is 2.01. The maximum Gasteiger partial charge on any atom is 0.227 e. The Kier molecular flexibility index (Phi) is 7.71. The summed E-state index contributed by atoms with van der Waals surface area (Å²) in [4.78, 5) is 19.0. The van der Waals surface area contributed by atoms with Gasteiger partial charge in [0.05, 0.1) is 13.2 Å². The Labute approximate surface area is 168 Å². The molecule has 0 aliphatic heterocycles. The number of hydrogen-bond acceptors (Lipinski definition) is 3. The Bertz CT molecular complexity index is 668. The summed E-state index contributed by atoms with van der Waals surface area (Å²) in [6.07, 6.45) is 5.83. The molecule has 0 radical (unpaired) electrons. The second-order valence-corrected chi connectivity index (χ2v) is 7.93. The van der Waals surface area contributed by atoms with Crippen LogP contribution in [0.2, 0.25) is 0 Å². The molecule has 3 rings (SSSR count). The SMILES string of the molecule is CCNC(=NCc1cccc(NC(=O)C2CCC2)c1)N(C)CCOCC1CC1. The van der Waals surface area contributed by atoms with Crippen LogP contribution in [0.4, 0.5) is 5.69 Å². The molecule has 2 fully saturated rings. The second kappa shape index (κ2) is 10.5. The molecule has 1 amide bonds. The minimum atomic E-state index is 0.145. The maximum absolute atomic E-state index is 12.2. The predicted octanol–water partition coefficient (Wildman–Crippen LogP) is 3.25. The fourth-order valence-corrected chi connectivity index (χ4v) is 3.14. The number of carbonyl (C=O) groups is 1. The van der Waals surface area contributed by atoms with Crippen molar-refractivity contribution in [3.63, 3.8) is 0 Å². The first kappa shape index (κ1) is 20.6. The molecular weight excluding hydrogens is 352 g/mol. The van der Waals surface area contributed by atoms with Gasteiger partial charge in [-0.3, -0.25) is 4.79 Å². The van der Waals surface area contributed by atoms with Crippen LogP contribution < -0.4 is 10.6 Å². The summed E-state index contributed by atoms with van der Waals surface area (Å²) in [6.45, 7) is 5.90. The van der Waals surface area contributed by atoms with E-state index in [0.717, 1.165) is 62.3 Å². The molecule has 28 heavy (non-hydrogen) atoms. The average Bonchev–Trinajstić information content (AvgIpc) is 3.45. The minimum Gasteiger partial charge on any atom is -0.379 e. The third kappa shape index (κ3) is 6.51. The van der Waals surface area contributed by atoms with Crippen LogP contribution in [0.1, 0.15) is 44.6 Å². The lowest BCUT2D eigenvalue weighted by molar-refractivity contribution is -0.122. The summed E-state index contributed by atoms with van der Waals surface area (Å²) < 4.78 is 5.74. The molecule has 0 bridgehead atoms. The van der Waals surface area contributed by atoms with Crippen molar-refractivity contribution in [1.82, 2.24) is 10.2 Å². The zero-order valence-electron chi connectivity index (χ0n) is 17.2. The fraction of sp³-hybridized carbons (Fsp3) is 0.636. The number of amides is 1. The van der Waals surface area contributed by atoms with Crippen molar-refractivity contribution in [2.45, 2.75) is 45.6 Å². The number of hydrogen-bond donors (Lipinski definition) is 2. The first-order valence-electron chi connectivity index (χ1n) is 10.6. The van der Waals surface area contributed by atoms with E-state index in [4.69, 9.17) is 9.73 Å². The molecule has 0 heterocycles. The number of likely N-dealkylation sites (N-methyl/N-ethyl adjacent to an activating group) is 1. The van der Waals surface area contributed by atoms with Crippen LogP contribution in [-0.4, -0.2) is 50.1 Å². The number of nitrogens with one attached hydrogen (secondary N) is 2. The molecule has 0 unspecified atom stereocenters. The molecular formula is C22H34N4O2. The molecule has 0 atom stereocenters. The third-order valence-corrected chi connectivity index (χ3v) is 5.40. The van der Waals surface area contributed by atoms with Crippen LogP contribution in [0.3, 0.4) is 0 Å². The Morgan fingerprint density at radius 2 is 2.11 bits per heavy atom. The molecule has 0 aromatic heterocycles. The van der Waals surface area contributed by atoms with Crippen LogP contribution in [0, 0.1) is 11.8 Å². The third-order valence-electron chi connectivity index (χ3n) is 5.40. The number of rotatable bonds is 10. The molecule has 1 aromatic rings. The smallest absolute Gasteiger partial charge is 0.227 e. The van der Waals surface area contributed by atoms with Gasteiger partial charge in [0.25, 0.3) is 0 Å². The molecule has 2 aliphatic carbocycles. The lowest BCUT2D eigenvalue weighted by Crippen LogP contribution is -2.40. The number of carbonyl (C=O) groups excluding carboxylic acids is 1. The quantitative estimate of drug-likeness (QED) is 0.368. The van der Waals surface area contributed by atoms with Gasteiger partial charge in [0.1, 0.15) is 0 Å². The van der Waals surface area contributed by atoms with Gasteiger partial charge < -0.3 is 20.3 Å². The number of benzene rings is 1. The van der Waals surface area contributed by atoms with E-state index in [9.17, 15) is 4.79 Å². The average molecular weight is 387 g/mol. The summed E-state index contributed by atoms with van der Waals surface area (Å²) in [5, 5.41) is 6.38. The highest BCUT2D eigenvalue weighted by atomic mass is 16.5. The number of ether oxygens (including phenoxy) is 1. The summed E-state index contributed by atoms with van der Waals surface area (Å²) >= 11 is 0. The maximum atomic E-state index is 12.2. The number of aliphatic imine (C=N–C) groups is 1. The second-order valence-electron chi connectivity index (χ2n) is 7.93. The van der Waals surface area contributed by atoms with E-state index >= 15 is 0 Å². The Hall–Kier alpha value is -2.08. The standard InChI is InChI=1S/C22H34N4O2/c1-3-23-22(26(2)12-13-28-16-17-10-11-17)24-15-18-6-4-9-20(14-18)25-21(27)19-7-5-8-19/h4,6,9,14,17,19H,3,5,7-8,10-13,15-16H2,1-2H3,(H,23,24)(H,25,27). The van der Waals surface area contributed by atoms with E-state index in [-0.39, 0.29) is 11.8 Å². The van der Waals surface area contributed by atoms with Crippen molar-refractivity contribution in [2.75, 3.05) is 38.7 Å². The number of guanidine groups is 1. The van der Waals surface area contributed by atoms with E-state index in [1.54, 1.807) is 0 Å². The van der Waals surface area contributed by atoms with E-state index in [2.05, 4.69) is 22.5 Å². The normalized spacial score (nSPS) is 17.1. The Morgan fingerprint density at radius 3 is 2.79 bits per heavy atom. The predicted molar refractivity (Wildman–Crippen MR) is 113 cm³/mol. The lowest BCUT2D eigenvalue weighted by atomic mass is 9.85. The highest BCUT2D eigenvalue weighted by Crippen LogP contribution is 2.29. The first-order valence-corrected chi connectivity index (χ1v) is 10.6. The molecule has 6 heteroatoms. The largest absolute Gasteiger partial charge is 0.379 e. The van der Waals surface area contributed by atoms with Gasteiger partial charge in [-0.2, -0.15) is 0 Å². The van der Waals surface area contributed by atoms with Gasteiger partial charge in [-0.1, -0.05) is 18.6 Å². The molecule has 2 N–H and O–H groups in total. The van der Waals surface area contributed by atoms with Crippen molar-refractivity contribution in [1.29, 1.82) is 0 Å². The van der Waals surface area contributed by atoms with E-state index in [1.165, 1.54) is 19.3 Å². The molecule has 1 aromatic carbocycles. The van der Waals surface area contributed by atoms with Gasteiger partial charge in [0.15, 0.2) is 5.96 Å². The minimum absolute atomic E-state index is 0.145. The van der Waals surface area contributed by atoms with Gasteiger partial charge >= 0.3 is 0 Å². The summed E-state index contributed by atoms with van der Waals surface area (Å²) in [6, 6.07) is 7.98.